The molecule has 0 saturated heterocycles. The van der Waals surface area contributed by atoms with Crippen LogP contribution in [0.2, 0.25) is 0 Å². The minimum Gasteiger partial charge on any atom is -0.311 e. The quantitative estimate of drug-likeness (QED) is 0.665. The lowest BCUT2D eigenvalue weighted by Gasteiger charge is -2.19. The number of nitrogens with one attached hydrogen (secondary N) is 1. The lowest BCUT2D eigenvalue weighted by atomic mass is 10.3. The third kappa shape index (κ3) is 5.33. The Bertz CT molecular complexity index is 295. The Labute approximate surface area is 105 Å². The molecule has 0 fully saturated rings. The van der Waals surface area contributed by atoms with E-state index in [0.717, 1.165) is 32.7 Å². The zero-order valence-corrected chi connectivity index (χ0v) is 11.4. The molecule has 0 aliphatic rings. The molecule has 0 amide bonds. The van der Waals surface area contributed by atoms with Gasteiger partial charge in [-0.05, 0) is 26.4 Å². The van der Waals surface area contributed by atoms with Crippen molar-refractivity contribution in [3.63, 3.8) is 0 Å². The Morgan fingerprint density at radius 2 is 2.12 bits per heavy atom. The summed E-state index contributed by atoms with van der Waals surface area (Å²) in [6.07, 6.45) is 5.29. The van der Waals surface area contributed by atoms with E-state index in [0.29, 0.717) is 0 Å². The van der Waals surface area contributed by atoms with Crippen molar-refractivity contribution in [1.29, 1.82) is 0 Å². The molecule has 0 aromatic carbocycles. The summed E-state index contributed by atoms with van der Waals surface area (Å²) < 4.78 is 1.96. The van der Waals surface area contributed by atoms with Crippen LogP contribution in [-0.2, 0) is 13.1 Å². The number of hydrogen-bond acceptors (Lipinski definition) is 3. The molecular formula is C13H26N4. The van der Waals surface area contributed by atoms with Crippen LogP contribution in [0.3, 0.4) is 0 Å². The van der Waals surface area contributed by atoms with Gasteiger partial charge < -0.3 is 10.2 Å². The van der Waals surface area contributed by atoms with Crippen molar-refractivity contribution in [2.45, 2.75) is 40.3 Å². The van der Waals surface area contributed by atoms with Gasteiger partial charge >= 0.3 is 0 Å². The molecule has 0 bridgehead atoms. The summed E-state index contributed by atoms with van der Waals surface area (Å²) in [4.78, 5) is 2.47. The van der Waals surface area contributed by atoms with Crippen molar-refractivity contribution in [3.05, 3.63) is 18.0 Å². The largest absolute Gasteiger partial charge is 0.311 e. The van der Waals surface area contributed by atoms with E-state index in [1.807, 2.05) is 10.9 Å². The first-order chi connectivity index (χ1) is 8.30. The zero-order chi connectivity index (χ0) is 12.5. The second kappa shape index (κ2) is 8.25. The van der Waals surface area contributed by atoms with E-state index in [4.69, 9.17) is 0 Å². The molecule has 1 N–H and O–H groups in total. The molecule has 1 aromatic heterocycles. The summed E-state index contributed by atoms with van der Waals surface area (Å²) in [7, 11) is 0. The van der Waals surface area contributed by atoms with Gasteiger partial charge in [-0.2, -0.15) is 5.10 Å². The highest BCUT2D eigenvalue weighted by Gasteiger charge is 2.00. The Balaban J connectivity index is 2.14. The maximum absolute atomic E-state index is 4.26. The highest BCUT2D eigenvalue weighted by atomic mass is 15.3. The van der Waals surface area contributed by atoms with E-state index < -0.39 is 0 Å². The zero-order valence-electron chi connectivity index (χ0n) is 11.4. The fraction of sp³-hybridized carbons (Fsp3) is 0.769. The summed E-state index contributed by atoms with van der Waals surface area (Å²) in [6, 6.07) is 0. The first kappa shape index (κ1) is 14.2. The van der Waals surface area contributed by atoms with E-state index in [2.05, 4.69) is 42.3 Å². The third-order valence-electron chi connectivity index (χ3n) is 2.93. The van der Waals surface area contributed by atoms with Crippen molar-refractivity contribution in [1.82, 2.24) is 20.0 Å². The molecule has 0 spiro atoms. The van der Waals surface area contributed by atoms with Crippen LogP contribution in [0.25, 0.3) is 0 Å². The van der Waals surface area contributed by atoms with Crippen LogP contribution < -0.4 is 5.32 Å². The summed E-state index contributed by atoms with van der Waals surface area (Å²) in [5.74, 6) is 0. The molecule has 0 radical (unpaired) electrons. The molecule has 98 valence electrons. The minimum atomic E-state index is 0.920. The molecule has 0 saturated carbocycles. The molecule has 4 nitrogen and oxygen atoms in total. The average Bonchev–Trinajstić information content (AvgIpc) is 2.81. The lowest BCUT2D eigenvalue weighted by Crippen LogP contribution is -2.32. The highest BCUT2D eigenvalue weighted by Crippen LogP contribution is 1.96. The highest BCUT2D eigenvalue weighted by molar-refractivity contribution is 5.02. The molecule has 0 aliphatic heterocycles. The van der Waals surface area contributed by atoms with E-state index in [-0.39, 0.29) is 0 Å². The first-order valence-corrected chi connectivity index (χ1v) is 6.74. The normalized spacial score (nSPS) is 11.3. The first-order valence-electron chi connectivity index (χ1n) is 6.74. The molecule has 1 aromatic rings. The Morgan fingerprint density at radius 3 is 2.71 bits per heavy atom. The van der Waals surface area contributed by atoms with E-state index in [9.17, 15) is 0 Å². The molecule has 17 heavy (non-hydrogen) atoms. The predicted octanol–water partition coefficient (Wildman–Crippen LogP) is 1.72. The van der Waals surface area contributed by atoms with Crippen molar-refractivity contribution >= 4 is 0 Å². The maximum atomic E-state index is 4.26. The van der Waals surface area contributed by atoms with Crippen molar-refractivity contribution in [2.24, 2.45) is 0 Å². The van der Waals surface area contributed by atoms with Crippen LogP contribution in [0.1, 0.15) is 32.8 Å². The average molecular weight is 238 g/mol. The molecule has 0 aliphatic carbocycles. The van der Waals surface area contributed by atoms with Crippen molar-refractivity contribution < 1.29 is 0 Å². The molecule has 0 unspecified atom stereocenters. The second-order valence-corrected chi connectivity index (χ2v) is 4.32. The van der Waals surface area contributed by atoms with Crippen LogP contribution in [-0.4, -0.2) is 40.9 Å². The minimum absolute atomic E-state index is 0.920. The SMILES string of the molecule is CCCN(CC)CCNCc1cnn(CC)c1. The Morgan fingerprint density at radius 1 is 1.29 bits per heavy atom. The lowest BCUT2D eigenvalue weighted by molar-refractivity contribution is 0.287. The van der Waals surface area contributed by atoms with Gasteiger partial charge in [-0.15, -0.1) is 0 Å². The van der Waals surface area contributed by atoms with Crippen LogP contribution in [0, 0.1) is 0 Å². The fourth-order valence-corrected chi connectivity index (χ4v) is 1.88. The van der Waals surface area contributed by atoms with Gasteiger partial charge in [-0.3, -0.25) is 4.68 Å². The van der Waals surface area contributed by atoms with Gasteiger partial charge in [0.15, 0.2) is 0 Å². The standard InChI is InChI=1S/C13H26N4/c1-4-8-16(5-2)9-7-14-10-13-11-15-17(6-3)12-13/h11-12,14H,4-10H2,1-3H3. The van der Waals surface area contributed by atoms with Gasteiger partial charge in [0.05, 0.1) is 6.20 Å². The molecule has 1 rings (SSSR count). The van der Waals surface area contributed by atoms with Crippen molar-refractivity contribution in [2.75, 3.05) is 26.2 Å². The van der Waals surface area contributed by atoms with Crippen molar-refractivity contribution in [3.8, 4) is 0 Å². The van der Waals surface area contributed by atoms with Gasteiger partial charge in [0, 0.05) is 37.9 Å². The molecule has 0 atom stereocenters. The number of hydrogen-bond donors (Lipinski definition) is 1. The maximum Gasteiger partial charge on any atom is 0.0534 e. The molecular weight excluding hydrogens is 212 g/mol. The van der Waals surface area contributed by atoms with Crippen LogP contribution in [0.5, 0.6) is 0 Å². The van der Waals surface area contributed by atoms with E-state index in [1.165, 1.54) is 18.5 Å². The summed E-state index contributed by atoms with van der Waals surface area (Å²) in [5.41, 5.74) is 1.27. The number of likely N-dealkylation sites (N-methyl/N-ethyl adjacent to an activating group) is 1. The second-order valence-electron chi connectivity index (χ2n) is 4.32. The number of nitrogens with zero attached hydrogens (tertiary/aromatic N) is 3. The van der Waals surface area contributed by atoms with Gasteiger partial charge in [0.1, 0.15) is 0 Å². The topological polar surface area (TPSA) is 33.1 Å². The predicted molar refractivity (Wildman–Crippen MR) is 72.0 cm³/mol. The summed E-state index contributed by atoms with van der Waals surface area (Å²) >= 11 is 0. The van der Waals surface area contributed by atoms with E-state index >= 15 is 0 Å². The Kier molecular flexibility index (Phi) is 6.89. The number of rotatable bonds is 9. The van der Waals surface area contributed by atoms with Crippen LogP contribution in [0.4, 0.5) is 0 Å². The van der Waals surface area contributed by atoms with Gasteiger partial charge in [-0.25, -0.2) is 0 Å². The summed E-state index contributed by atoms with van der Waals surface area (Å²) in [6.45, 7) is 12.9. The van der Waals surface area contributed by atoms with Crippen LogP contribution >= 0.6 is 0 Å². The number of aromatic nitrogens is 2. The molecule has 4 heteroatoms. The van der Waals surface area contributed by atoms with E-state index in [1.54, 1.807) is 0 Å². The van der Waals surface area contributed by atoms with Gasteiger partial charge in [-0.1, -0.05) is 13.8 Å². The summed E-state index contributed by atoms with van der Waals surface area (Å²) in [5, 5.41) is 7.73. The molecule has 1 heterocycles. The van der Waals surface area contributed by atoms with Crippen LogP contribution in [0.15, 0.2) is 12.4 Å². The van der Waals surface area contributed by atoms with Gasteiger partial charge in [0.2, 0.25) is 0 Å². The monoisotopic (exact) mass is 238 g/mol. The Hall–Kier alpha value is -0.870. The van der Waals surface area contributed by atoms with Gasteiger partial charge in [0.25, 0.3) is 0 Å². The number of aryl methyl sites for hydroxylation is 1. The third-order valence-corrected chi connectivity index (χ3v) is 2.93. The smallest absolute Gasteiger partial charge is 0.0534 e. The fourth-order valence-electron chi connectivity index (χ4n) is 1.88.